The Morgan fingerprint density at radius 1 is 1.21 bits per heavy atom. The molecule has 0 nitrogen and oxygen atoms in total. The highest BCUT2D eigenvalue weighted by Gasteiger charge is 2.41. The van der Waals surface area contributed by atoms with E-state index >= 15 is 0 Å². The summed E-state index contributed by atoms with van der Waals surface area (Å²) in [6.45, 7) is 8.23. The van der Waals surface area contributed by atoms with Crippen molar-refractivity contribution in [3.05, 3.63) is 0 Å². The van der Waals surface area contributed by atoms with Gasteiger partial charge in [0, 0.05) is 12.8 Å². The molecule has 1 saturated carbocycles. The van der Waals surface area contributed by atoms with Crippen LogP contribution in [0.25, 0.3) is 0 Å². The summed E-state index contributed by atoms with van der Waals surface area (Å²) in [5, 5.41) is 0. The molecule has 0 aromatic rings. The van der Waals surface area contributed by atoms with Crippen LogP contribution in [0.15, 0.2) is 0 Å². The summed E-state index contributed by atoms with van der Waals surface area (Å²) in [5.41, 5.74) is -0.199. The lowest BCUT2D eigenvalue weighted by Gasteiger charge is -2.29. The Labute approximate surface area is 86.1 Å². The summed E-state index contributed by atoms with van der Waals surface area (Å²) in [7, 11) is 0. The lowest BCUT2D eigenvalue weighted by atomic mass is 9.77. The molecular formula is C12H22F2. The molecule has 0 spiro atoms. The Morgan fingerprint density at radius 2 is 1.79 bits per heavy atom. The highest BCUT2D eigenvalue weighted by Crippen LogP contribution is 2.46. The molecule has 0 aliphatic heterocycles. The monoisotopic (exact) mass is 204 g/mol. The molecule has 2 heteroatoms. The fourth-order valence-corrected chi connectivity index (χ4v) is 2.64. The van der Waals surface area contributed by atoms with Crippen LogP contribution >= 0.6 is 0 Å². The predicted molar refractivity (Wildman–Crippen MR) is 55.5 cm³/mol. The first-order chi connectivity index (χ1) is 6.22. The molecule has 0 bridgehead atoms. The van der Waals surface area contributed by atoms with E-state index in [4.69, 9.17) is 0 Å². The van der Waals surface area contributed by atoms with Gasteiger partial charge < -0.3 is 0 Å². The van der Waals surface area contributed by atoms with Gasteiger partial charge in [-0.15, -0.1) is 0 Å². The Hall–Kier alpha value is -0.140. The maximum atomic E-state index is 13.4. The fraction of sp³-hybridized carbons (Fsp3) is 1.00. The molecule has 0 saturated heterocycles. The second-order valence-corrected chi connectivity index (χ2v) is 5.94. The largest absolute Gasteiger partial charge is 0.248 e. The molecule has 14 heavy (non-hydrogen) atoms. The van der Waals surface area contributed by atoms with Crippen molar-refractivity contribution < 1.29 is 8.78 Å². The van der Waals surface area contributed by atoms with Gasteiger partial charge >= 0.3 is 0 Å². The third-order valence-corrected chi connectivity index (χ3v) is 3.38. The van der Waals surface area contributed by atoms with Crippen LogP contribution in [-0.4, -0.2) is 5.92 Å². The van der Waals surface area contributed by atoms with Crippen molar-refractivity contribution in [2.75, 3.05) is 0 Å². The molecular weight excluding hydrogens is 182 g/mol. The molecule has 0 N–H and O–H groups in total. The van der Waals surface area contributed by atoms with Crippen molar-refractivity contribution >= 4 is 0 Å². The standard InChI is InChI=1S/C12H22F2/c1-9(2)10-5-6-12(13,14)8-11(3,4)7-10/h9-10H,5-8H2,1-4H3. The van der Waals surface area contributed by atoms with Gasteiger partial charge in [-0.1, -0.05) is 27.7 Å². The van der Waals surface area contributed by atoms with Gasteiger partial charge in [0.25, 0.3) is 0 Å². The van der Waals surface area contributed by atoms with E-state index in [9.17, 15) is 8.78 Å². The van der Waals surface area contributed by atoms with Crippen LogP contribution in [0.2, 0.25) is 0 Å². The second kappa shape index (κ2) is 3.79. The summed E-state index contributed by atoms with van der Waals surface area (Å²) >= 11 is 0. The Kier molecular flexibility index (Phi) is 3.23. The highest BCUT2D eigenvalue weighted by atomic mass is 19.3. The van der Waals surface area contributed by atoms with Crippen LogP contribution in [0.5, 0.6) is 0 Å². The summed E-state index contributed by atoms with van der Waals surface area (Å²) in [6.07, 6.45) is 1.77. The zero-order valence-electron chi connectivity index (χ0n) is 9.74. The average molecular weight is 204 g/mol. The van der Waals surface area contributed by atoms with Crippen LogP contribution in [0.3, 0.4) is 0 Å². The molecule has 0 aromatic heterocycles. The van der Waals surface area contributed by atoms with Crippen molar-refractivity contribution in [1.82, 2.24) is 0 Å². The van der Waals surface area contributed by atoms with E-state index in [1.165, 1.54) is 0 Å². The Bertz CT molecular complexity index is 194. The van der Waals surface area contributed by atoms with E-state index in [1.807, 2.05) is 13.8 Å². The van der Waals surface area contributed by atoms with E-state index in [1.54, 1.807) is 0 Å². The van der Waals surface area contributed by atoms with Gasteiger partial charge in [0.2, 0.25) is 5.92 Å². The van der Waals surface area contributed by atoms with Gasteiger partial charge in [0.1, 0.15) is 0 Å². The van der Waals surface area contributed by atoms with E-state index < -0.39 is 5.92 Å². The second-order valence-electron chi connectivity index (χ2n) is 5.94. The molecule has 1 aliphatic rings. The minimum Gasteiger partial charge on any atom is -0.207 e. The fourth-order valence-electron chi connectivity index (χ4n) is 2.64. The molecule has 84 valence electrons. The first-order valence-corrected chi connectivity index (χ1v) is 5.60. The molecule has 0 amide bonds. The van der Waals surface area contributed by atoms with Crippen molar-refractivity contribution in [2.24, 2.45) is 17.3 Å². The molecule has 1 atom stereocenters. The van der Waals surface area contributed by atoms with Gasteiger partial charge in [0.05, 0.1) is 0 Å². The minimum atomic E-state index is -2.44. The topological polar surface area (TPSA) is 0 Å². The lowest BCUT2D eigenvalue weighted by molar-refractivity contribution is -0.0386. The molecule has 0 heterocycles. The van der Waals surface area contributed by atoms with Crippen molar-refractivity contribution in [3.8, 4) is 0 Å². The van der Waals surface area contributed by atoms with E-state index in [0.717, 1.165) is 6.42 Å². The quantitative estimate of drug-likeness (QED) is 0.552. The third kappa shape index (κ3) is 3.21. The van der Waals surface area contributed by atoms with Crippen LogP contribution in [-0.2, 0) is 0 Å². The van der Waals surface area contributed by atoms with Crippen molar-refractivity contribution in [1.29, 1.82) is 0 Å². The first-order valence-electron chi connectivity index (χ1n) is 5.60. The molecule has 1 unspecified atom stereocenters. The number of alkyl halides is 2. The van der Waals surface area contributed by atoms with E-state index in [-0.39, 0.29) is 18.3 Å². The number of halogens is 2. The van der Waals surface area contributed by atoms with Crippen LogP contribution in [0.1, 0.15) is 53.4 Å². The highest BCUT2D eigenvalue weighted by molar-refractivity contribution is 4.86. The zero-order valence-corrected chi connectivity index (χ0v) is 9.74. The van der Waals surface area contributed by atoms with Gasteiger partial charge in [-0.05, 0) is 30.1 Å². The molecule has 0 aromatic carbocycles. The SMILES string of the molecule is CC(C)C1CCC(F)(F)CC(C)(C)C1. The van der Waals surface area contributed by atoms with Crippen LogP contribution in [0, 0.1) is 17.3 Å². The van der Waals surface area contributed by atoms with Gasteiger partial charge in [-0.2, -0.15) is 0 Å². The van der Waals surface area contributed by atoms with Crippen molar-refractivity contribution in [3.63, 3.8) is 0 Å². The van der Waals surface area contributed by atoms with E-state index in [0.29, 0.717) is 18.3 Å². The zero-order chi connectivity index (χ0) is 11.0. The van der Waals surface area contributed by atoms with Gasteiger partial charge in [-0.3, -0.25) is 0 Å². The Balaban J connectivity index is 2.74. The molecule has 1 fully saturated rings. The average Bonchev–Trinajstić information content (AvgIpc) is 2.04. The Morgan fingerprint density at radius 3 is 2.29 bits per heavy atom. The molecule has 1 rings (SSSR count). The summed E-state index contributed by atoms with van der Waals surface area (Å²) < 4.78 is 26.8. The first kappa shape index (κ1) is 11.9. The van der Waals surface area contributed by atoms with Crippen molar-refractivity contribution in [2.45, 2.75) is 59.3 Å². The van der Waals surface area contributed by atoms with Crippen LogP contribution in [0.4, 0.5) is 8.78 Å². The summed E-state index contributed by atoms with van der Waals surface area (Å²) in [5.74, 6) is -1.44. The lowest BCUT2D eigenvalue weighted by Crippen LogP contribution is -2.24. The van der Waals surface area contributed by atoms with Gasteiger partial charge in [-0.25, -0.2) is 8.78 Å². The maximum Gasteiger partial charge on any atom is 0.248 e. The van der Waals surface area contributed by atoms with E-state index in [2.05, 4.69) is 13.8 Å². The number of hydrogen-bond donors (Lipinski definition) is 0. The third-order valence-electron chi connectivity index (χ3n) is 3.38. The normalized spacial score (nSPS) is 31.5. The predicted octanol–water partition coefficient (Wildman–Crippen LogP) is 4.49. The number of rotatable bonds is 1. The molecule has 0 radical (unpaired) electrons. The number of hydrogen-bond acceptors (Lipinski definition) is 0. The smallest absolute Gasteiger partial charge is 0.207 e. The van der Waals surface area contributed by atoms with Gasteiger partial charge in [0.15, 0.2) is 0 Å². The molecule has 1 aliphatic carbocycles. The maximum absolute atomic E-state index is 13.4. The van der Waals surface area contributed by atoms with Crippen LogP contribution < -0.4 is 0 Å². The summed E-state index contributed by atoms with van der Waals surface area (Å²) in [4.78, 5) is 0. The summed E-state index contributed by atoms with van der Waals surface area (Å²) in [6, 6.07) is 0. The minimum absolute atomic E-state index is 0.0587.